The number of amides is 1. The number of carboxylic acids is 1. The molecule has 1 atom stereocenters. The molecule has 2 N–H and O–H groups in total. The second-order valence-electron chi connectivity index (χ2n) is 5.77. The Kier molecular flexibility index (Phi) is 4.26. The number of carbonyl (C=O) groups excluding carboxylic acids is 1. The average molecular weight is 308 g/mol. The fourth-order valence-electron chi connectivity index (χ4n) is 3.30. The molecular formula is C15H20N2O3S. The monoisotopic (exact) mass is 308 g/mol. The Hall–Kier alpha value is -1.40. The molecule has 5 nitrogen and oxygen atoms in total. The highest BCUT2D eigenvalue weighted by molar-refractivity contribution is 7.10. The van der Waals surface area contributed by atoms with E-state index in [-0.39, 0.29) is 5.91 Å². The van der Waals surface area contributed by atoms with Gasteiger partial charge in [0.15, 0.2) is 6.04 Å². The summed E-state index contributed by atoms with van der Waals surface area (Å²) in [5.41, 5.74) is 0.803. The second-order valence-corrected chi connectivity index (χ2v) is 6.78. The predicted molar refractivity (Wildman–Crippen MR) is 80.3 cm³/mol. The molecule has 6 heteroatoms. The zero-order chi connectivity index (χ0) is 14.8. The minimum Gasteiger partial charge on any atom is -0.479 e. The van der Waals surface area contributed by atoms with Gasteiger partial charge < -0.3 is 15.3 Å². The Bertz CT molecular complexity index is 537. The summed E-state index contributed by atoms with van der Waals surface area (Å²) in [5.74, 6) is -0.545. The summed E-state index contributed by atoms with van der Waals surface area (Å²) < 4.78 is 0. The standard InChI is InChI=1S/C15H20N2O3S/c18-13(9-10-1-5-16-6-2-10)17-7-3-12-11(4-8-21-12)14(17)15(19)20/h4,8,10,14,16H,1-3,5-7,9H2,(H,19,20). The quantitative estimate of drug-likeness (QED) is 0.891. The van der Waals surface area contributed by atoms with Gasteiger partial charge in [0.25, 0.3) is 0 Å². The Labute approximate surface area is 128 Å². The first kappa shape index (κ1) is 14.5. The lowest BCUT2D eigenvalue weighted by molar-refractivity contribution is -0.151. The van der Waals surface area contributed by atoms with Crippen molar-refractivity contribution < 1.29 is 14.7 Å². The maximum absolute atomic E-state index is 12.6. The van der Waals surface area contributed by atoms with E-state index in [1.165, 1.54) is 0 Å². The first-order chi connectivity index (χ1) is 10.2. The van der Waals surface area contributed by atoms with Crippen molar-refractivity contribution in [2.45, 2.75) is 31.7 Å². The van der Waals surface area contributed by atoms with Crippen LogP contribution in [0.15, 0.2) is 11.4 Å². The smallest absolute Gasteiger partial charge is 0.331 e. The number of thiophene rings is 1. The molecule has 3 rings (SSSR count). The lowest BCUT2D eigenvalue weighted by Gasteiger charge is -2.34. The summed E-state index contributed by atoms with van der Waals surface area (Å²) in [6.45, 7) is 2.43. The number of carboxylic acid groups (broad SMARTS) is 1. The zero-order valence-corrected chi connectivity index (χ0v) is 12.7. The third-order valence-electron chi connectivity index (χ3n) is 4.44. The van der Waals surface area contributed by atoms with Crippen LogP contribution in [0.2, 0.25) is 0 Å². The van der Waals surface area contributed by atoms with Gasteiger partial charge in [0, 0.05) is 17.8 Å². The van der Waals surface area contributed by atoms with Gasteiger partial charge in [-0.2, -0.15) is 0 Å². The minimum absolute atomic E-state index is 0.00819. The topological polar surface area (TPSA) is 69.6 Å². The molecular weight excluding hydrogens is 288 g/mol. The van der Waals surface area contributed by atoms with E-state index in [4.69, 9.17) is 0 Å². The Morgan fingerprint density at radius 1 is 1.38 bits per heavy atom. The molecule has 1 aromatic rings. The molecule has 1 unspecified atom stereocenters. The summed E-state index contributed by atoms with van der Waals surface area (Å²) >= 11 is 1.59. The molecule has 0 aromatic carbocycles. The van der Waals surface area contributed by atoms with Crippen LogP contribution >= 0.6 is 11.3 Å². The van der Waals surface area contributed by atoms with Crippen molar-refractivity contribution in [2.75, 3.05) is 19.6 Å². The minimum atomic E-state index is -0.923. The average Bonchev–Trinajstić information content (AvgIpc) is 2.95. The Morgan fingerprint density at radius 3 is 2.86 bits per heavy atom. The summed E-state index contributed by atoms with van der Waals surface area (Å²) in [6.07, 6.45) is 3.25. The third kappa shape index (κ3) is 2.96. The summed E-state index contributed by atoms with van der Waals surface area (Å²) in [6, 6.07) is 1.05. The molecule has 0 bridgehead atoms. The van der Waals surface area contributed by atoms with Crippen LogP contribution in [0.4, 0.5) is 0 Å². The van der Waals surface area contributed by atoms with Gasteiger partial charge in [-0.15, -0.1) is 11.3 Å². The highest BCUT2D eigenvalue weighted by Crippen LogP contribution is 2.34. The van der Waals surface area contributed by atoms with Gasteiger partial charge >= 0.3 is 5.97 Å². The largest absolute Gasteiger partial charge is 0.479 e. The molecule has 0 radical (unpaired) electrons. The van der Waals surface area contributed by atoms with Crippen LogP contribution in [0, 0.1) is 5.92 Å². The lowest BCUT2D eigenvalue weighted by atomic mass is 9.92. The Balaban J connectivity index is 1.74. The summed E-state index contributed by atoms with van der Waals surface area (Å²) in [7, 11) is 0. The number of piperidine rings is 1. The van der Waals surface area contributed by atoms with E-state index >= 15 is 0 Å². The highest BCUT2D eigenvalue weighted by Gasteiger charge is 2.37. The van der Waals surface area contributed by atoms with Crippen molar-refractivity contribution in [1.82, 2.24) is 10.2 Å². The lowest BCUT2D eigenvalue weighted by Crippen LogP contribution is -2.44. The predicted octanol–water partition coefficient (Wildman–Crippen LogP) is 1.65. The van der Waals surface area contributed by atoms with Crippen LogP contribution in [0.1, 0.15) is 35.7 Å². The van der Waals surface area contributed by atoms with Crippen molar-refractivity contribution in [2.24, 2.45) is 5.92 Å². The molecule has 3 heterocycles. The number of carbonyl (C=O) groups is 2. The van der Waals surface area contributed by atoms with E-state index in [2.05, 4.69) is 5.32 Å². The van der Waals surface area contributed by atoms with Crippen molar-refractivity contribution in [3.05, 3.63) is 21.9 Å². The number of nitrogens with one attached hydrogen (secondary N) is 1. The van der Waals surface area contributed by atoms with Crippen molar-refractivity contribution in [1.29, 1.82) is 0 Å². The zero-order valence-electron chi connectivity index (χ0n) is 11.9. The van der Waals surface area contributed by atoms with E-state index in [1.807, 2.05) is 11.4 Å². The molecule has 114 valence electrons. The van der Waals surface area contributed by atoms with Crippen molar-refractivity contribution in [3.63, 3.8) is 0 Å². The van der Waals surface area contributed by atoms with Crippen LogP contribution in [0.25, 0.3) is 0 Å². The molecule has 2 aliphatic heterocycles. The van der Waals surface area contributed by atoms with Gasteiger partial charge in [-0.25, -0.2) is 4.79 Å². The first-order valence-corrected chi connectivity index (χ1v) is 8.34. The van der Waals surface area contributed by atoms with Crippen LogP contribution in [-0.4, -0.2) is 41.5 Å². The number of hydrogen-bond donors (Lipinski definition) is 2. The van der Waals surface area contributed by atoms with Gasteiger partial charge in [0.05, 0.1) is 0 Å². The van der Waals surface area contributed by atoms with Gasteiger partial charge in [0.2, 0.25) is 5.91 Å². The molecule has 2 aliphatic rings. The normalized spacial score (nSPS) is 22.9. The van der Waals surface area contributed by atoms with Gasteiger partial charge in [-0.05, 0) is 55.3 Å². The molecule has 1 saturated heterocycles. The van der Waals surface area contributed by atoms with Crippen LogP contribution in [0.5, 0.6) is 0 Å². The van der Waals surface area contributed by atoms with E-state index in [9.17, 15) is 14.7 Å². The van der Waals surface area contributed by atoms with E-state index < -0.39 is 12.0 Å². The summed E-state index contributed by atoms with van der Waals surface area (Å²) in [5, 5.41) is 14.7. The molecule has 0 saturated carbocycles. The Morgan fingerprint density at radius 2 is 2.14 bits per heavy atom. The first-order valence-electron chi connectivity index (χ1n) is 7.46. The maximum atomic E-state index is 12.6. The number of aliphatic carboxylic acids is 1. The van der Waals surface area contributed by atoms with Gasteiger partial charge in [0.1, 0.15) is 0 Å². The number of hydrogen-bond acceptors (Lipinski definition) is 4. The summed E-state index contributed by atoms with van der Waals surface area (Å²) in [4.78, 5) is 26.9. The van der Waals surface area contributed by atoms with Crippen LogP contribution < -0.4 is 5.32 Å². The molecule has 1 amide bonds. The fourth-order valence-corrected chi connectivity index (χ4v) is 4.21. The second kappa shape index (κ2) is 6.15. The number of nitrogens with zero attached hydrogens (tertiary/aromatic N) is 1. The maximum Gasteiger partial charge on any atom is 0.331 e. The number of rotatable bonds is 3. The van der Waals surface area contributed by atoms with E-state index in [0.717, 1.165) is 42.8 Å². The molecule has 1 aromatic heterocycles. The molecule has 0 spiro atoms. The van der Waals surface area contributed by atoms with E-state index in [0.29, 0.717) is 18.9 Å². The van der Waals surface area contributed by atoms with Crippen molar-refractivity contribution >= 4 is 23.2 Å². The third-order valence-corrected chi connectivity index (χ3v) is 5.44. The molecule has 0 aliphatic carbocycles. The van der Waals surface area contributed by atoms with Crippen molar-refractivity contribution in [3.8, 4) is 0 Å². The van der Waals surface area contributed by atoms with Gasteiger partial charge in [-0.3, -0.25) is 4.79 Å². The molecule has 1 fully saturated rings. The van der Waals surface area contributed by atoms with Crippen LogP contribution in [-0.2, 0) is 16.0 Å². The fraction of sp³-hybridized carbons (Fsp3) is 0.600. The number of fused-ring (bicyclic) bond motifs is 1. The van der Waals surface area contributed by atoms with Gasteiger partial charge in [-0.1, -0.05) is 0 Å². The molecule has 21 heavy (non-hydrogen) atoms. The van der Waals surface area contributed by atoms with Crippen LogP contribution in [0.3, 0.4) is 0 Å². The van der Waals surface area contributed by atoms with E-state index in [1.54, 1.807) is 16.2 Å². The SMILES string of the molecule is O=C(O)C1c2ccsc2CCN1C(=O)CC1CCNCC1. The highest BCUT2D eigenvalue weighted by atomic mass is 32.1.